The number of fused-ring (bicyclic) bond motifs is 6. The molecule has 0 bridgehead atoms. The summed E-state index contributed by atoms with van der Waals surface area (Å²) in [7, 11) is 159. The highest BCUT2D eigenvalue weighted by molar-refractivity contribution is 7.28. The average molecular weight is 908 g/mol. The van der Waals surface area contributed by atoms with E-state index in [0.717, 1.165) is 16.0 Å². The third-order valence-electron chi connectivity index (χ3n) is 13.8. The molecule has 0 aliphatic heterocycles. The largest absolute Gasteiger partial charge is 0.235 e. The van der Waals surface area contributed by atoms with Crippen molar-refractivity contribution in [2.75, 3.05) is 0 Å². The van der Waals surface area contributed by atoms with E-state index in [0.29, 0.717) is 46.9 Å². The molecule has 3 heterocycles. The minimum absolute atomic E-state index is 0.00166. The van der Waals surface area contributed by atoms with Crippen LogP contribution in [0.15, 0.2) is 24.5 Å². The molecule has 7 aromatic carbocycles. The van der Waals surface area contributed by atoms with E-state index in [4.69, 9.17) is 193 Å². The zero-order valence-corrected chi connectivity index (χ0v) is 40.5. The van der Waals surface area contributed by atoms with E-state index in [1.54, 1.807) is 6.07 Å². The normalized spacial score (nSPS) is 11.7. The van der Waals surface area contributed by atoms with E-state index in [2.05, 4.69) is 4.98 Å². The van der Waals surface area contributed by atoms with Crippen molar-refractivity contribution in [2.45, 2.75) is 0 Å². The van der Waals surface area contributed by atoms with Crippen molar-refractivity contribution in [3.63, 3.8) is 0 Å². The summed E-state index contributed by atoms with van der Waals surface area (Å²) in [4.78, 5) is 9.37. The maximum absolute atomic E-state index is 7.20. The van der Waals surface area contributed by atoms with Gasteiger partial charge in [0.15, 0.2) is 0 Å². The molecule has 0 atom stereocenters. The lowest BCUT2D eigenvalue weighted by Crippen LogP contribution is -2.57. The van der Waals surface area contributed by atoms with Crippen molar-refractivity contribution in [2.24, 2.45) is 0 Å². The van der Waals surface area contributed by atoms with Gasteiger partial charge in [-0.15, -0.1) is 66.4 Å². The molecule has 0 unspecified atom stereocenters. The van der Waals surface area contributed by atoms with E-state index in [9.17, 15) is 0 Å². The molecule has 0 N–H and O–H groups in total. The third kappa shape index (κ3) is 7.31. The fourth-order valence-electron chi connectivity index (χ4n) is 9.80. The van der Waals surface area contributed by atoms with Crippen LogP contribution >= 0.6 is 22.7 Å². The lowest BCUT2D eigenvalue weighted by molar-refractivity contribution is 1.24. The van der Waals surface area contributed by atoms with Gasteiger partial charge in [-0.25, -0.2) is 9.97 Å². The Kier molecular flexibility index (Phi) is 13.4. The molecule has 10 rings (SSSR count). The molecule has 0 saturated heterocycles. The lowest BCUT2D eigenvalue weighted by Gasteiger charge is -2.30. The summed E-state index contributed by atoms with van der Waals surface area (Å²) >= 11 is 2.47. The van der Waals surface area contributed by atoms with Gasteiger partial charge in [0.25, 0.3) is 0 Å². The highest BCUT2D eigenvalue weighted by Crippen LogP contribution is 2.39. The average Bonchev–Trinajstić information content (AvgIpc) is 3.96. The fraction of sp³-hybridized carbons (Fsp3) is 0. The van der Waals surface area contributed by atoms with Crippen LogP contribution in [0, 0.1) is 0 Å². The van der Waals surface area contributed by atoms with E-state index < -0.39 is 0 Å². The number of hydrogen-bond acceptors (Lipinski definition) is 4. The molecule has 0 aliphatic carbocycles. The van der Waals surface area contributed by atoms with Crippen LogP contribution < -0.4 is 131 Å². The van der Waals surface area contributed by atoms with Crippen LogP contribution in [-0.2, 0) is 0 Å². The Hall–Kier alpha value is -4.38. The zero-order chi connectivity index (χ0) is 53.9. The number of thiophene rings is 2. The van der Waals surface area contributed by atoms with Gasteiger partial charge in [0, 0.05) is 19.5 Å². The lowest BCUT2D eigenvalue weighted by atomic mass is 9.56. The van der Waals surface area contributed by atoms with Crippen LogP contribution in [0.4, 0.5) is 0 Å². The van der Waals surface area contributed by atoms with Crippen molar-refractivity contribution >= 4 is 383 Å². The number of hydrogen-bond donors (Lipinski definition) is 0. The molecule has 28 heteroatoms. The SMILES string of the molecule is [B]c1c([B])c([B])c(-c2c([B])c([B])c(-c3ccc4sc5c(-c6c([B])c([B])c([B])c(-c7c([B])c([B])c([B])c(-c8c([B])c([B])c([B])c9c8sc8c([B])c([B])c([B])c([B])c89)c7[B])c6[B])ncnc5c4c3)c([B])c2[B])c([B])c1[B]. The standard InChI is InChI=1S/C46H4B24N2S2/c47-18-9(24(53)33(62)28(57)13(18)14-29(58)35(64)30(59)15-16-31(60)38(67)40(69)41(70)45(16)74-44(14)15)10-19(48)17(32(61)34(63)25(10)54)43-46-42(71-4-72-43)6-3-5(1-2-7(6)73-46)8-20(49)22(51)11(23(52)21(8)50)12-26(55)36(65)39(68)37(66)27(12)56/h1-4H. The summed E-state index contributed by atoms with van der Waals surface area (Å²) < 4.78 is 2.14. The molecule has 2 nitrogen and oxygen atoms in total. The molecule has 10 aromatic rings. The highest BCUT2D eigenvalue weighted by atomic mass is 32.1. The van der Waals surface area contributed by atoms with Crippen LogP contribution in [0.2, 0.25) is 0 Å². The summed E-state index contributed by atoms with van der Waals surface area (Å²) in [5, 5.41) is 1.39. The maximum Gasteiger partial charge on any atom is 0.116 e. The minimum Gasteiger partial charge on any atom is -0.235 e. The van der Waals surface area contributed by atoms with Crippen molar-refractivity contribution in [3.05, 3.63) is 24.5 Å². The number of rotatable bonds is 5. The molecule has 3 aromatic heterocycles. The molecule has 0 aliphatic rings. The first-order chi connectivity index (χ1) is 34.8. The van der Waals surface area contributed by atoms with E-state index in [-0.39, 0.29) is 176 Å². The van der Waals surface area contributed by atoms with Gasteiger partial charge in [0.05, 0.1) is 15.9 Å². The summed E-state index contributed by atoms with van der Waals surface area (Å²) in [5.41, 5.74) is 2.30. The fourth-order valence-corrected chi connectivity index (χ4v) is 12.3. The molecule has 0 amide bonds. The van der Waals surface area contributed by atoms with Gasteiger partial charge in [0.2, 0.25) is 0 Å². The van der Waals surface area contributed by atoms with Crippen molar-refractivity contribution < 1.29 is 0 Å². The summed E-state index contributed by atoms with van der Waals surface area (Å²) in [5.74, 6) is 0. The first-order valence-electron chi connectivity index (χ1n) is 21.7. The quantitative estimate of drug-likeness (QED) is 0.161. The van der Waals surface area contributed by atoms with Crippen LogP contribution in [0.1, 0.15) is 0 Å². The maximum atomic E-state index is 7.20. The monoisotopic (exact) mass is 912 g/mol. The van der Waals surface area contributed by atoms with E-state index >= 15 is 0 Å². The van der Waals surface area contributed by atoms with Crippen LogP contribution in [0.5, 0.6) is 0 Å². The Morgan fingerprint density at radius 3 is 1.15 bits per heavy atom. The summed E-state index contributed by atoms with van der Waals surface area (Å²) in [6, 6.07) is 5.44. The second kappa shape index (κ2) is 18.7. The first kappa shape index (κ1) is 53.0. The van der Waals surface area contributed by atoms with E-state index in [1.165, 1.54) is 17.7 Å². The number of benzene rings is 7. The van der Waals surface area contributed by atoms with Crippen LogP contribution in [0.25, 0.3) is 96.2 Å². The minimum atomic E-state index is -0.117. The van der Waals surface area contributed by atoms with Gasteiger partial charge < -0.3 is 0 Å². The van der Waals surface area contributed by atoms with Crippen LogP contribution in [-0.4, -0.2) is 198 Å². The molecule has 0 spiro atoms. The Morgan fingerprint density at radius 1 is 0.270 bits per heavy atom. The van der Waals surface area contributed by atoms with Gasteiger partial charge in [-0.05, 0) is 73.0 Å². The Bertz CT molecular complexity index is 4200. The van der Waals surface area contributed by atoms with Gasteiger partial charge in [-0.3, -0.25) is 0 Å². The van der Waals surface area contributed by atoms with Gasteiger partial charge in [-0.1, -0.05) is 93.5 Å². The summed E-state index contributed by atoms with van der Waals surface area (Å²) in [6.45, 7) is 0. The molecular formula is C46H4B24N2S2. The van der Waals surface area contributed by atoms with Gasteiger partial charge in [-0.2, -0.15) is 0 Å². The number of nitrogens with zero attached hydrogens (tertiary/aromatic N) is 2. The van der Waals surface area contributed by atoms with Crippen molar-refractivity contribution in [3.8, 4) is 55.8 Å². The second-order valence-electron chi connectivity index (χ2n) is 17.7. The third-order valence-corrected chi connectivity index (χ3v) is 16.2. The zero-order valence-electron chi connectivity index (χ0n) is 38.9. The summed E-state index contributed by atoms with van der Waals surface area (Å²) in [6.07, 6.45) is 1.33. The molecule has 74 heavy (non-hydrogen) atoms. The predicted molar refractivity (Wildman–Crippen MR) is 344 cm³/mol. The molecule has 0 fully saturated rings. The highest BCUT2D eigenvalue weighted by Gasteiger charge is 2.28. The van der Waals surface area contributed by atoms with Gasteiger partial charge in [0.1, 0.15) is 195 Å². The number of aromatic nitrogens is 2. The molecule has 48 radical (unpaired) electrons. The Morgan fingerprint density at radius 2 is 0.622 bits per heavy atom. The van der Waals surface area contributed by atoms with Crippen LogP contribution in [0.3, 0.4) is 0 Å². The molecular weight excluding hydrogens is 904 g/mol. The van der Waals surface area contributed by atoms with Crippen molar-refractivity contribution in [1.82, 2.24) is 9.97 Å². The topological polar surface area (TPSA) is 25.8 Å². The van der Waals surface area contributed by atoms with Crippen molar-refractivity contribution in [1.29, 1.82) is 0 Å². The Balaban J connectivity index is 1.19. The predicted octanol–water partition coefficient (Wildman–Crippen LogP) is -15.4. The first-order valence-corrected chi connectivity index (χ1v) is 23.3. The Labute approximate surface area is 469 Å². The second-order valence-corrected chi connectivity index (χ2v) is 19.7. The van der Waals surface area contributed by atoms with Gasteiger partial charge >= 0.3 is 0 Å². The molecule has 0 saturated carbocycles. The smallest absolute Gasteiger partial charge is 0.116 e. The molecule has 282 valence electrons. The van der Waals surface area contributed by atoms with E-state index in [1.807, 2.05) is 12.1 Å².